The second kappa shape index (κ2) is 11.2. The number of hydrogen-bond acceptors (Lipinski definition) is 2. The van der Waals surface area contributed by atoms with Gasteiger partial charge in [-0.2, -0.15) is 0 Å². The van der Waals surface area contributed by atoms with Crippen molar-refractivity contribution in [3.63, 3.8) is 0 Å². The Kier molecular flexibility index (Phi) is 10.6. The standard InChI is InChI=1S/C7H15NO.C6H5F.C2H6/c1-2-8-5-3-7(9)4-6-8;7-6-4-2-1-3-5-6;1-2/h7,9H,2-6H2,1H3;1-5H;1-2H3. The van der Waals surface area contributed by atoms with E-state index in [-0.39, 0.29) is 11.9 Å². The molecule has 3 heteroatoms. The number of nitrogens with zero attached hydrogens (tertiary/aromatic N) is 1. The number of likely N-dealkylation sites (tertiary alicyclic amines) is 1. The molecule has 0 radical (unpaired) electrons. The SMILES string of the molecule is CC.CCN1CCC(O)CC1.Fc1ccccc1. The Labute approximate surface area is 110 Å². The van der Waals surface area contributed by atoms with Gasteiger partial charge in [-0.05, 0) is 31.5 Å². The number of aliphatic hydroxyl groups is 1. The van der Waals surface area contributed by atoms with Crippen molar-refractivity contribution in [3.05, 3.63) is 36.1 Å². The van der Waals surface area contributed by atoms with E-state index >= 15 is 0 Å². The minimum Gasteiger partial charge on any atom is -0.393 e. The lowest BCUT2D eigenvalue weighted by Gasteiger charge is -2.27. The van der Waals surface area contributed by atoms with Crippen LogP contribution in [-0.2, 0) is 0 Å². The molecule has 1 aromatic carbocycles. The summed E-state index contributed by atoms with van der Waals surface area (Å²) in [7, 11) is 0. The van der Waals surface area contributed by atoms with E-state index in [9.17, 15) is 4.39 Å². The molecule has 18 heavy (non-hydrogen) atoms. The van der Waals surface area contributed by atoms with Crippen LogP contribution in [0.25, 0.3) is 0 Å². The molecule has 104 valence electrons. The largest absolute Gasteiger partial charge is 0.393 e. The predicted molar refractivity (Wildman–Crippen MR) is 75.1 cm³/mol. The van der Waals surface area contributed by atoms with E-state index in [0.717, 1.165) is 32.5 Å². The number of piperidine rings is 1. The molecule has 0 amide bonds. The second-order valence-electron chi connectivity index (χ2n) is 3.96. The number of halogens is 1. The van der Waals surface area contributed by atoms with E-state index in [1.54, 1.807) is 18.2 Å². The number of benzene rings is 1. The predicted octanol–water partition coefficient (Wildman–Crippen LogP) is 3.31. The van der Waals surface area contributed by atoms with Crippen LogP contribution in [0.1, 0.15) is 33.6 Å². The Morgan fingerprint density at radius 3 is 2.00 bits per heavy atom. The maximum Gasteiger partial charge on any atom is 0.123 e. The third-order valence-electron chi connectivity index (χ3n) is 2.74. The molecule has 0 bridgehead atoms. The van der Waals surface area contributed by atoms with Crippen molar-refractivity contribution in [1.82, 2.24) is 4.90 Å². The Morgan fingerprint density at radius 2 is 1.67 bits per heavy atom. The molecular formula is C15H26FNO. The zero-order valence-corrected chi connectivity index (χ0v) is 11.8. The van der Waals surface area contributed by atoms with Crippen LogP contribution in [0.2, 0.25) is 0 Å². The fourth-order valence-electron chi connectivity index (χ4n) is 1.65. The highest BCUT2D eigenvalue weighted by Gasteiger charge is 2.14. The molecule has 0 unspecified atom stereocenters. The molecule has 0 spiro atoms. The minimum atomic E-state index is -0.178. The van der Waals surface area contributed by atoms with Gasteiger partial charge in [0.1, 0.15) is 5.82 Å². The van der Waals surface area contributed by atoms with Crippen molar-refractivity contribution in [2.45, 2.75) is 39.7 Å². The summed E-state index contributed by atoms with van der Waals surface area (Å²) in [6.45, 7) is 9.46. The fraction of sp³-hybridized carbons (Fsp3) is 0.600. The molecule has 1 aliphatic rings. The molecule has 1 heterocycles. The summed E-state index contributed by atoms with van der Waals surface area (Å²) in [6, 6.07) is 7.94. The van der Waals surface area contributed by atoms with Gasteiger partial charge in [0.25, 0.3) is 0 Å². The van der Waals surface area contributed by atoms with Crippen LogP contribution in [0.4, 0.5) is 4.39 Å². The summed E-state index contributed by atoms with van der Waals surface area (Å²) in [5.41, 5.74) is 0. The van der Waals surface area contributed by atoms with E-state index in [4.69, 9.17) is 5.11 Å². The van der Waals surface area contributed by atoms with E-state index in [1.165, 1.54) is 12.1 Å². The first-order valence-electron chi connectivity index (χ1n) is 6.83. The lowest BCUT2D eigenvalue weighted by Crippen LogP contribution is -2.35. The highest BCUT2D eigenvalue weighted by Crippen LogP contribution is 2.08. The van der Waals surface area contributed by atoms with Crippen LogP contribution in [0.15, 0.2) is 30.3 Å². The van der Waals surface area contributed by atoms with Crippen LogP contribution >= 0.6 is 0 Å². The molecule has 1 saturated heterocycles. The van der Waals surface area contributed by atoms with Crippen molar-refractivity contribution < 1.29 is 9.50 Å². The van der Waals surface area contributed by atoms with Gasteiger partial charge in [0.2, 0.25) is 0 Å². The summed E-state index contributed by atoms with van der Waals surface area (Å²) in [5.74, 6) is -0.178. The summed E-state index contributed by atoms with van der Waals surface area (Å²) in [6.07, 6.45) is 1.91. The highest BCUT2D eigenvalue weighted by molar-refractivity contribution is 5.02. The lowest BCUT2D eigenvalue weighted by molar-refractivity contribution is 0.0852. The van der Waals surface area contributed by atoms with Crippen molar-refractivity contribution in [3.8, 4) is 0 Å². The zero-order valence-electron chi connectivity index (χ0n) is 11.8. The minimum absolute atomic E-state index is 0.0206. The summed E-state index contributed by atoms with van der Waals surface area (Å²) >= 11 is 0. The summed E-state index contributed by atoms with van der Waals surface area (Å²) in [4.78, 5) is 2.37. The molecule has 0 aromatic heterocycles. The molecule has 1 N–H and O–H groups in total. The van der Waals surface area contributed by atoms with Crippen LogP contribution in [-0.4, -0.2) is 35.7 Å². The average molecular weight is 255 g/mol. The topological polar surface area (TPSA) is 23.5 Å². The molecule has 0 aliphatic carbocycles. The molecule has 2 nitrogen and oxygen atoms in total. The second-order valence-corrected chi connectivity index (χ2v) is 3.96. The van der Waals surface area contributed by atoms with E-state index in [1.807, 2.05) is 13.8 Å². The first-order chi connectivity index (χ1) is 8.72. The maximum absolute atomic E-state index is 11.9. The van der Waals surface area contributed by atoms with Gasteiger partial charge in [0.15, 0.2) is 0 Å². The molecule has 0 atom stereocenters. The van der Waals surface area contributed by atoms with Crippen molar-refractivity contribution in [2.75, 3.05) is 19.6 Å². The highest BCUT2D eigenvalue weighted by atomic mass is 19.1. The molecule has 1 aromatic rings. The number of hydrogen-bond donors (Lipinski definition) is 1. The fourth-order valence-corrected chi connectivity index (χ4v) is 1.65. The van der Waals surface area contributed by atoms with Crippen LogP contribution in [0, 0.1) is 5.82 Å². The third kappa shape index (κ3) is 8.20. The summed E-state index contributed by atoms with van der Waals surface area (Å²) in [5, 5.41) is 9.10. The first-order valence-corrected chi connectivity index (χ1v) is 6.83. The Morgan fingerprint density at radius 1 is 1.17 bits per heavy atom. The molecule has 1 aliphatic heterocycles. The van der Waals surface area contributed by atoms with Crippen molar-refractivity contribution in [2.24, 2.45) is 0 Å². The smallest absolute Gasteiger partial charge is 0.123 e. The Bertz CT molecular complexity index is 271. The van der Waals surface area contributed by atoms with Crippen LogP contribution < -0.4 is 0 Å². The van der Waals surface area contributed by atoms with Gasteiger partial charge in [-0.3, -0.25) is 0 Å². The Balaban J connectivity index is 0.000000289. The van der Waals surface area contributed by atoms with Gasteiger partial charge in [-0.1, -0.05) is 39.0 Å². The molecule has 0 saturated carbocycles. The normalized spacial score (nSPS) is 16.1. The number of rotatable bonds is 1. The average Bonchev–Trinajstić information content (AvgIpc) is 2.43. The van der Waals surface area contributed by atoms with E-state index in [2.05, 4.69) is 11.8 Å². The van der Waals surface area contributed by atoms with Gasteiger partial charge >= 0.3 is 0 Å². The lowest BCUT2D eigenvalue weighted by atomic mass is 10.1. The molecule has 1 fully saturated rings. The van der Waals surface area contributed by atoms with Gasteiger partial charge in [0.05, 0.1) is 6.10 Å². The van der Waals surface area contributed by atoms with E-state index in [0.29, 0.717) is 0 Å². The van der Waals surface area contributed by atoms with Gasteiger partial charge in [-0.15, -0.1) is 0 Å². The molecular weight excluding hydrogens is 229 g/mol. The summed E-state index contributed by atoms with van der Waals surface area (Å²) < 4.78 is 11.9. The maximum atomic E-state index is 11.9. The monoisotopic (exact) mass is 255 g/mol. The van der Waals surface area contributed by atoms with E-state index < -0.39 is 0 Å². The zero-order chi connectivity index (χ0) is 13.8. The van der Waals surface area contributed by atoms with Crippen molar-refractivity contribution >= 4 is 0 Å². The third-order valence-corrected chi connectivity index (χ3v) is 2.74. The van der Waals surface area contributed by atoms with Gasteiger partial charge < -0.3 is 10.0 Å². The van der Waals surface area contributed by atoms with Crippen LogP contribution in [0.3, 0.4) is 0 Å². The quantitative estimate of drug-likeness (QED) is 0.832. The Hall–Kier alpha value is -0.930. The van der Waals surface area contributed by atoms with Gasteiger partial charge in [-0.25, -0.2) is 4.39 Å². The number of aliphatic hydroxyl groups excluding tert-OH is 1. The van der Waals surface area contributed by atoms with Crippen LogP contribution in [0.5, 0.6) is 0 Å². The molecule has 2 rings (SSSR count). The van der Waals surface area contributed by atoms with Crippen molar-refractivity contribution in [1.29, 1.82) is 0 Å². The van der Waals surface area contributed by atoms with Gasteiger partial charge in [0, 0.05) is 13.1 Å². The first kappa shape index (κ1) is 17.1.